The first-order valence-electron chi connectivity index (χ1n) is 6.35. The number of H-pyrrole nitrogens is 1. The van der Waals surface area contributed by atoms with Crippen molar-refractivity contribution in [2.45, 2.75) is 24.9 Å². The van der Waals surface area contributed by atoms with Gasteiger partial charge in [-0.3, -0.25) is 14.3 Å². The number of aromatic amines is 1. The Morgan fingerprint density at radius 3 is 3.00 bits per heavy atom. The first kappa shape index (κ1) is 16.1. The standard InChI is InChI=1S/C12H17N2O6P/c15-3-1-2-7-5-14(12(18)13-11(7)17)10-4-8(16)9(20-10)6-19-21/h1-2,5,8-10,15-16H,3-4,6,21H2,(H,13,17,18)/b2-1+/t8?,9-,10-/m1/s1. The molecular formula is C12H17N2O6P. The Morgan fingerprint density at radius 2 is 2.33 bits per heavy atom. The molecule has 0 radical (unpaired) electrons. The van der Waals surface area contributed by atoms with E-state index in [-0.39, 0.29) is 25.2 Å². The minimum Gasteiger partial charge on any atom is -0.392 e. The van der Waals surface area contributed by atoms with Gasteiger partial charge in [0.05, 0.1) is 24.9 Å². The average molecular weight is 316 g/mol. The van der Waals surface area contributed by atoms with Crippen LogP contribution < -0.4 is 11.2 Å². The van der Waals surface area contributed by atoms with Crippen molar-refractivity contribution in [1.29, 1.82) is 0 Å². The van der Waals surface area contributed by atoms with Gasteiger partial charge in [0, 0.05) is 22.1 Å². The predicted octanol–water partition coefficient (Wildman–Crippen LogP) is -1.00. The van der Waals surface area contributed by atoms with Gasteiger partial charge >= 0.3 is 5.69 Å². The number of nitrogens with zero attached hydrogens (tertiary/aromatic N) is 1. The van der Waals surface area contributed by atoms with Crippen LogP contribution in [0.25, 0.3) is 6.08 Å². The van der Waals surface area contributed by atoms with E-state index in [4.69, 9.17) is 14.4 Å². The average Bonchev–Trinajstić information content (AvgIpc) is 2.79. The highest BCUT2D eigenvalue weighted by Gasteiger charge is 2.35. The third-order valence-electron chi connectivity index (χ3n) is 3.17. The molecule has 1 fully saturated rings. The molecule has 2 unspecified atom stereocenters. The van der Waals surface area contributed by atoms with Crippen LogP contribution in [0.4, 0.5) is 0 Å². The minimum atomic E-state index is -0.759. The van der Waals surface area contributed by atoms with Gasteiger partial charge in [0.15, 0.2) is 0 Å². The number of nitrogens with one attached hydrogen (secondary N) is 1. The van der Waals surface area contributed by atoms with Crippen molar-refractivity contribution in [2.24, 2.45) is 0 Å². The largest absolute Gasteiger partial charge is 0.392 e. The van der Waals surface area contributed by atoms with Crippen molar-refractivity contribution in [2.75, 3.05) is 13.2 Å². The summed E-state index contributed by atoms with van der Waals surface area (Å²) in [6, 6.07) is 0. The smallest absolute Gasteiger partial charge is 0.330 e. The second kappa shape index (κ2) is 7.11. The van der Waals surface area contributed by atoms with Crippen LogP contribution in [-0.2, 0) is 9.26 Å². The van der Waals surface area contributed by atoms with Crippen molar-refractivity contribution in [3.05, 3.63) is 38.7 Å². The monoisotopic (exact) mass is 316 g/mol. The third-order valence-corrected chi connectivity index (χ3v) is 3.37. The van der Waals surface area contributed by atoms with E-state index in [1.54, 1.807) is 0 Å². The number of hydrogen-bond acceptors (Lipinski definition) is 6. The third kappa shape index (κ3) is 3.66. The van der Waals surface area contributed by atoms with Gasteiger partial charge in [-0.2, -0.15) is 0 Å². The zero-order valence-electron chi connectivity index (χ0n) is 11.1. The fraction of sp³-hybridized carbons (Fsp3) is 0.500. The lowest BCUT2D eigenvalue weighted by atomic mass is 10.2. The lowest BCUT2D eigenvalue weighted by molar-refractivity contribution is -0.0382. The second-order valence-corrected chi connectivity index (χ2v) is 4.93. The quantitative estimate of drug-likeness (QED) is 0.600. The lowest BCUT2D eigenvalue weighted by Gasteiger charge is -2.15. The van der Waals surface area contributed by atoms with Gasteiger partial charge in [-0.05, 0) is 6.08 Å². The molecule has 2 rings (SSSR count). The number of aliphatic hydroxyl groups is 2. The van der Waals surface area contributed by atoms with Crippen LogP contribution in [0.2, 0.25) is 0 Å². The maximum Gasteiger partial charge on any atom is 0.330 e. The fourth-order valence-electron chi connectivity index (χ4n) is 2.14. The van der Waals surface area contributed by atoms with E-state index in [9.17, 15) is 14.7 Å². The molecule has 1 aliphatic rings. The second-order valence-electron chi connectivity index (χ2n) is 4.60. The molecule has 1 saturated heterocycles. The summed E-state index contributed by atoms with van der Waals surface area (Å²) >= 11 is 0. The summed E-state index contributed by atoms with van der Waals surface area (Å²) in [4.78, 5) is 25.7. The molecular weight excluding hydrogens is 299 g/mol. The van der Waals surface area contributed by atoms with Crippen LogP contribution >= 0.6 is 9.47 Å². The Hall–Kier alpha value is -1.31. The van der Waals surface area contributed by atoms with Crippen LogP contribution in [0, 0.1) is 0 Å². The number of hydrogen-bond donors (Lipinski definition) is 3. The van der Waals surface area contributed by atoms with E-state index < -0.39 is 29.7 Å². The van der Waals surface area contributed by atoms with Crippen LogP contribution in [-0.4, -0.2) is 45.2 Å². The topological polar surface area (TPSA) is 114 Å². The Labute approximate surface area is 122 Å². The lowest BCUT2D eigenvalue weighted by Crippen LogP contribution is -2.33. The highest BCUT2D eigenvalue weighted by atomic mass is 31.0. The molecule has 3 N–H and O–H groups in total. The van der Waals surface area contributed by atoms with E-state index >= 15 is 0 Å². The maximum absolute atomic E-state index is 11.9. The molecule has 1 aromatic heterocycles. The molecule has 9 heteroatoms. The molecule has 0 aliphatic carbocycles. The van der Waals surface area contributed by atoms with Gasteiger partial charge in [-0.1, -0.05) is 6.08 Å². The highest BCUT2D eigenvalue weighted by molar-refractivity contribution is 7.09. The van der Waals surface area contributed by atoms with E-state index in [0.717, 1.165) is 0 Å². The van der Waals surface area contributed by atoms with E-state index in [1.165, 1.54) is 22.9 Å². The minimum absolute atomic E-state index is 0.178. The van der Waals surface area contributed by atoms with Crippen molar-refractivity contribution >= 4 is 15.5 Å². The fourth-order valence-corrected chi connectivity index (χ4v) is 2.33. The molecule has 21 heavy (non-hydrogen) atoms. The van der Waals surface area contributed by atoms with E-state index in [0.29, 0.717) is 0 Å². The molecule has 1 aromatic rings. The SMILES string of the molecule is O=c1[nH]c(=O)n([C@H]2CC(O)[C@@H](COP)O2)cc1/C=C/CO. The summed E-state index contributed by atoms with van der Waals surface area (Å²) in [5.41, 5.74) is -0.956. The molecule has 1 aliphatic heterocycles. The Bertz CT molecular complexity index is 625. The highest BCUT2D eigenvalue weighted by Crippen LogP contribution is 2.28. The first-order valence-corrected chi connectivity index (χ1v) is 6.82. The van der Waals surface area contributed by atoms with Crippen LogP contribution in [0.5, 0.6) is 0 Å². The number of rotatable bonds is 5. The molecule has 116 valence electrons. The number of ether oxygens (including phenoxy) is 1. The van der Waals surface area contributed by atoms with Crippen molar-refractivity contribution < 1.29 is 19.5 Å². The Morgan fingerprint density at radius 1 is 1.57 bits per heavy atom. The summed E-state index contributed by atoms with van der Waals surface area (Å²) < 4.78 is 11.6. The predicted molar refractivity (Wildman–Crippen MR) is 77.6 cm³/mol. The zero-order chi connectivity index (χ0) is 15.4. The number of aromatic nitrogens is 2. The molecule has 2 heterocycles. The Kier molecular flexibility index (Phi) is 5.44. The van der Waals surface area contributed by atoms with Gasteiger partial charge in [0.25, 0.3) is 5.56 Å². The van der Waals surface area contributed by atoms with Gasteiger partial charge in [-0.15, -0.1) is 0 Å². The van der Waals surface area contributed by atoms with Crippen LogP contribution in [0.1, 0.15) is 18.2 Å². The molecule has 0 aromatic carbocycles. The Balaban J connectivity index is 2.30. The van der Waals surface area contributed by atoms with Crippen LogP contribution in [0.3, 0.4) is 0 Å². The molecule has 0 spiro atoms. The normalized spacial score (nSPS) is 25.8. The summed E-state index contributed by atoms with van der Waals surface area (Å²) in [6.07, 6.45) is 2.37. The summed E-state index contributed by atoms with van der Waals surface area (Å²) in [5, 5.41) is 18.6. The molecule has 0 bridgehead atoms. The summed E-state index contributed by atoms with van der Waals surface area (Å²) in [5.74, 6) is 0. The van der Waals surface area contributed by atoms with Crippen LogP contribution in [0.15, 0.2) is 21.9 Å². The van der Waals surface area contributed by atoms with Crippen molar-refractivity contribution in [3.8, 4) is 0 Å². The van der Waals surface area contributed by atoms with Gasteiger partial charge in [0.2, 0.25) is 0 Å². The van der Waals surface area contributed by atoms with Crippen molar-refractivity contribution in [3.63, 3.8) is 0 Å². The molecule has 0 saturated carbocycles. The molecule has 8 nitrogen and oxygen atoms in total. The van der Waals surface area contributed by atoms with Gasteiger partial charge < -0.3 is 19.5 Å². The van der Waals surface area contributed by atoms with Gasteiger partial charge in [-0.25, -0.2) is 4.79 Å². The van der Waals surface area contributed by atoms with Gasteiger partial charge in [0.1, 0.15) is 12.3 Å². The van der Waals surface area contributed by atoms with Crippen molar-refractivity contribution in [1.82, 2.24) is 9.55 Å². The number of aliphatic hydroxyl groups excluding tert-OH is 2. The molecule has 0 amide bonds. The molecule has 4 atom stereocenters. The summed E-state index contributed by atoms with van der Waals surface area (Å²) in [6.45, 7) is -0.0392. The first-order chi connectivity index (χ1) is 10.1. The van der Waals surface area contributed by atoms with E-state index in [1.807, 2.05) is 0 Å². The zero-order valence-corrected chi connectivity index (χ0v) is 12.3. The maximum atomic E-state index is 11.9. The van der Waals surface area contributed by atoms with E-state index in [2.05, 4.69) is 14.5 Å². The summed E-state index contributed by atoms with van der Waals surface area (Å²) in [7, 11) is 2.07.